The summed E-state index contributed by atoms with van der Waals surface area (Å²) >= 11 is 0. The zero-order chi connectivity index (χ0) is 17.4. The van der Waals surface area contributed by atoms with Crippen LogP contribution in [0.3, 0.4) is 0 Å². The van der Waals surface area contributed by atoms with Crippen molar-refractivity contribution in [3.05, 3.63) is 29.8 Å². The van der Waals surface area contributed by atoms with Gasteiger partial charge in [0.05, 0.1) is 6.54 Å². The van der Waals surface area contributed by atoms with Crippen molar-refractivity contribution >= 4 is 35.6 Å². The first kappa shape index (κ1) is 22.0. The molecule has 0 radical (unpaired) electrons. The van der Waals surface area contributed by atoms with Gasteiger partial charge in [-0.2, -0.15) is 0 Å². The first-order chi connectivity index (χ1) is 11.6. The number of hydrogen-bond donors (Lipinski definition) is 2. The summed E-state index contributed by atoms with van der Waals surface area (Å²) in [5, 5.41) is 6.87. The van der Waals surface area contributed by atoms with Crippen molar-refractivity contribution in [3.8, 4) is 0 Å². The SMILES string of the molecule is CCNC(=NCc1ccc(N(C)C)cc1)NCC1CCCN1CC.I. The molecular formula is C19H34IN5. The van der Waals surface area contributed by atoms with Crippen molar-refractivity contribution in [2.24, 2.45) is 4.99 Å². The molecule has 2 N–H and O–H groups in total. The summed E-state index contributed by atoms with van der Waals surface area (Å²) in [6, 6.07) is 9.22. The van der Waals surface area contributed by atoms with E-state index < -0.39 is 0 Å². The fraction of sp³-hybridized carbons (Fsp3) is 0.632. The number of benzene rings is 1. The van der Waals surface area contributed by atoms with Crippen LogP contribution >= 0.6 is 24.0 Å². The third-order valence-electron chi connectivity index (χ3n) is 4.63. The van der Waals surface area contributed by atoms with Crippen molar-refractivity contribution in [2.45, 2.75) is 39.3 Å². The lowest BCUT2D eigenvalue weighted by Crippen LogP contribution is -2.44. The first-order valence-electron chi connectivity index (χ1n) is 9.16. The van der Waals surface area contributed by atoms with Gasteiger partial charge in [0.2, 0.25) is 0 Å². The van der Waals surface area contributed by atoms with E-state index in [-0.39, 0.29) is 24.0 Å². The van der Waals surface area contributed by atoms with Crippen LogP contribution in [0.1, 0.15) is 32.3 Å². The Morgan fingerprint density at radius 2 is 1.92 bits per heavy atom. The summed E-state index contributed by atoms with van der Waals surface area (Å²) in [6.45, 7) is 9.27. The minimum absolute atomic E-state index is 0. The number of hydrogen-bond acceptors (Lipinski definition) is 3. The number of anilines is 1. The third kappa shape index (κ3) is 7.01. The average molecular weight is 459 g/mol. The largest absolute Gasteiger partial charge is 0.378 e. The molecule has 0 saturated carbocycles. The van der Waals surface area contributed by atoms with Crippen molar-refractivity contribution < 1.29 is 0 Å². The van der Waals surface area contributed by atoms with E-state index in [0.29, 0.717) is 12.6 Å². The maximum absolute atomic E-state index is 4.73. The fourth-order valence-corrected chi connectivity index (χ4v) is 3.17. The van der Waals surface area contributed by atoms with Crippen LogP contribution in [-0.4, -0.2) is 57.2 Å². The fourth-order valence-electron chi connectivity index (χ4n) is 3.17. The molecule has 1 aliphatic rings. The second-order valence-corrected chi connectivity index (χ2v) is 6.56. The number of nitrogens with zero attached hydrogens (tertiary/aromatic N) is 3. The Bertz CT molecular complexity index is 515. The van der Waals surface area contributed by atoms with Crippen LogP contribution in [0.4, 0.5) is 5.69 Å². The number of guanidine groups is 1. The number of aliphatic imine (C=N–C) groups is 1. The summed E-state index contributed by atoms with van der Waals surface area (Å²) in [7, 11) is 4.12. The quantitative estimate of drug-likeness (QED) is 0.374. The van der Waals surface area contributed by atoms with Crippen molar-refractivity contribution in [1.29, 1.82) is 0 Å². The molecule has 0 spiro atoms. The molecule has 0 aliphatic carbocycles. The van der Waals surface area contributed by atoms with Crippen molar-refractivity contribution in [2.75, 3.05) is 45.2 Å². The molecule has 1 aliphatic heterocycles. The molecule has 1 atom stereocenters. The lowest BCUT2D eigenvalue weighted by atomic mass is 10.2. The van der Waals surface area contributed by atoms with Gasteiger partial charge in [-0.1, -0.05) is 19.1 Å². The second kappa shape index (κ2) is 11.6. The van der Waals surface area contributed by atoms with Crippen molar-refractivity contribution in [3.63, 3.8) is 0 Å². The van der Waals surface area contributed by atoms with Crippen LogP contribution in [0.5, 0.6) is 0 Å². The number of halogens is 1. The van der Waals surface area contributed by atoms with Gasteiger partial charge in [-0.05, 0) is 50.6 Å². The van der Waals surface area contributed by atoms with Gasteiger partial charge in [-0.3, -0.25) is 4.90 Å². The Morgan fingerprint density at radius 3 is 2.52 bits per heavy atom. The molecule has 0 amide bonds. The molecule has 1 aromatic rings. The number of likely N-dealkylation sites (tertiary alicyclic amines) is 1. The molecular weight excluding hydrogens is 425 g/mol. The van der Waals surface area contributed by atoms with Crippen LogP contribution in [0.2, 0.25) is 0 Å². The summed E-state index contributed by atoms with van der Waals surface area (Å²) in [5.41, 5.74) is 2.45. The molecule has 6 heteroatoms. The highest BCUT2D eigenvalue weighted by atomic mass is 127. The molecule has 1 heterocycles. The second-order valence-electron chi connectivity index (χ2n) is 6.56. The topological polar surface area (TPSA) is 42.9 Å². The van der Waals surface area contributed by atoms with E-state index in [1.165, 1.54) is 30.6 Å². The lowest BCUT2D eigenvalue weighted by molar-refractivity contribution is 0.267. The maximum Gasteiger partial charge on any atom is 0.191 e. The van der Waals surface area contributed by atoms with Crippen LogP contribution in [0, 0.1) is 0 Å². The number of likely N-dealkylation sites (N-methyl/N-ethyl adjacent to an activating group) is 1. The molecule has 1 unspecified atom stereocenters. The summed E-state index contributed by atoms with van der Waals surface area (Å²) in [6.07, 6.45) is 2.60. The van der Waals surface area contributed by atoms with Gasteiger partial charge in [-0.25, -0.2) is 4.99 Å². The molecule has 142 valence electrons. The van der Waals surface area contributed by atoms with Crippen molar-refractivity contribution in [1.82, 2.24) is 15.5 Å². The summed E-state index contributed by atoms with van der Waals surface area (Å²) in [5.74, 6) is 0.914. The van der Waals surface area contributed by atoms with Gasteiger partial charge in [-0.15, -0.1) is 24.0 Å². The molecule has 25 heavy (non-hydrogen) atoms. The van der Waals surface area contributed by atoms with E-state index in [2.05, 4.69) is 72.6 Å². The Balaban J connectivity index is 0.00000312. The van der Waals surface area contributed by atoms with Gasteiger partial charge in [0.15, 0.2) is 5.96 Å². The molecule has 1 fully saturated rings. The minimum atomic E-state index is 0. The Labute approximate surface area is 170 Å². The molecule has 0 bridgehead atoms. The standard InChI is InChI=1S/C19H33N5.HI/c1-5-20-19(22-15-18-8-7-13-24(18)6-2)21-14-16-9-11-17(12-10-16)23(3)4;/h9-12,18H,5-8,13-15H2,1-4H3,(H2,20,21,22);1H. The monoisotopic (exact) mass is 459 g/mol. The highest BCUT2D eigenvalue weighted by Crippen LogP contribution is 2.15. The zero-order valence-corrected chi connectivity index (χ0v) is 18.4. The van der Waals surface area contributed by atoms with Gasteiger partial charge in [0.25, 0.3) is 0 Å². The van der Waals surface area contributed by atoms with Gasteiger partial charge >= 0.3 is 0 Å². The molecule has 0 aromatic heterocycles. The lowest BCUT2D eigenvalue weighted by Gasteiger charge is -2.24. The van der Waals surface area contributed by atoms with E-state index in [1.807, 2.05) is 0 Å². The average Bonchev–Trinajstić information content (AvgIpc) is 3.05. The van der Waals surface area contributed by atoms with Crippen LogP contribution in [0.25, 0.3) is 0 Å². The molecule has 5 nitrogen and oxygen atoms in total. The minimum Gasteiger partial charge on any atom is -0.378 e. The molecule has 1 saturated heterocycles. The highest BCUT2D eigenvalue weighted by Gasteiger charge is 2.22. The Hall–Kier alpha value is -1.02. The highest BCUT2D eigenvalue weighted by molar-refractivity contribution is 14.0. The number of rotatable bonds is 7. The van der Waals surface area contributed by atoms with E-state index in [1.54, 1.807) is 0 Å². The molecule has 2 rings (SSSR count). The summed E-state index contributed by atoms with van der Waals surface area (Å²) < 4.78 is 0. The third-order valence-corrected chi connectivity index (χ3v) is 4.63. The van der Waals surface area contributed by atoms with E-state index in [4.69, 9.17) is 4.99 Å². The van der Waals surface area contributed by atoms with Crippen LogP contribution in [0.15, 0.2) is 29.3 Å². The first-order valence-corrected chi connectivity index (χ1v) is 9.16. The van der Waals surface area contributed by atoms with Crippen LogP contribution < -0.4 is 15.5 Å². The van der Waals surface area contributed by atoms with Gasteiger partial charge in [0.1, 0.15) is 0 Å². The predicted octanol–water partition coefficient (Wildman–Crippen LogP) is 2.91. The van der Waals surface area contributed by atoms with E-state index in [0.717, 1.165) is 25.6 Å². The maximum atomic E-state index is 4.73. The summed E-state index contributed by atoms with van der Waals surface area (Å²) in [4.78, 5) is 9.40. The Morgan fingerprint density at radius 1 is 1.20 bits per heavy atom. The van der Waals surface area contributed by atoms with Crippen LogP contribution in [-0.2, 0) is 6.54 Å². The number of nitrogens with one attached hydrogen (secondary N) is 2. The predicted molar refractivity (Wildman–Crippen MR) is 119 cm³/mol. The smallest absolute Gasteiger partial charge is 0.191 e. The zero-order valence-electron chi connectivity index (χ0n) is 16.1. The van der Waals surface area contributed by atoms with Gasteiger partial charge < -0.3 is 15.5 Å². The van der Waals surface area contributed by atoms with Gasteiger partial charge in [0, 0.05) is 38.9 Å². The normalized spacial score (nSPS) is 17.9. The van der Waals surface area contributed by atoms with E-state index in [9.17, 15) is 0 Å². The van der Waals surface area contributed by atoms with E-state index >= 15 is 0 Å². The Kier molecular flexibility index (Phi) is 10.2. The molecule has 1 aromatic carbocycles.